The van der Waals surface area contributed by atoms with Gasteiger partial charge in [0.05, 0.1) is 25.9 Å². The first-order chi connectivity index (χ1) is 5.66. The Hall–Kier alpha value is -0.120. The highest BCUT2D eigenvalue weighted by molar-refractivity contribution is 4.53. The molecular weight excluding hydrogens is 154 g/mol. The minimum atomic E-state index is 0.301. The van der Waals surface area contributed by atoms with Gasteiger partial charge in [-0.25, -0.2) is 0 Å². The molecule has 0 aromatic rings. The second-order valence-corrected chi connectivity index (χ2v) is 3.18. The Morgan fingerprint density at radius 2 is 1.83 bits per heavy atom. The molecule has 74 valence electrons. The maximum absolute atomic E-state index is 5.35. The molecule has 0 aromatic carbocycles. The quantitative estimate of drug-likeness (QED) is 0.586. The van der Waals surface area contributed by atoms with Crippen LogP contribution in [0.15, 0.2) is 0 Å². The molecule has 1 atom stereocenters. The highest BCUT2D eigenvalue weighted by Crippen LogP contribution is 1.88. The van der Waals surface area contributed by atoms with E-state index in [0.717, 1.165) is 6.61 Å². The van der Waals surface area contributed by atoms with E-state index < -0.39 is 0 Å². The Morgan fingerprint density at radius 3 is 2.33 bits per heavy atom. The molecule has 0 saturated heterocycles. The number of rotatable bonds is 7. The van der Waals surface area contributed by atoms with Gasteiger partial charge in [0.25, 0.3) is 0 Å². The van der Waals surface area contributed by atoms with Crippen LogP contribution in [-0.4, -0.2) is 39.0 Å². The number of hydrogen-bond acceptors (Lipinski definition) is 3. The van der Waals surface area contributed by atoms with E-state index in [0.29, 0.717) is 25.4 Å². The predicted octanol–water partition coefficient (Wildman–Crippen LogP) is 1.04. The lowest BCUT2D eigenvalue weighted by atomic mass is 10.4. The molecule has 12 heavy (non-hydrogen) atoms. The fourth-order valence-electron chi connectivity index (χ4n) is 0.686. The van der Waals surface area contributed by atoms with Crippen LogP contribution in [0.2, 0.25) is 0 Å². The van der Waals surface area contributed by atoms with Gasteiger partial charge in [0.1, 0.15) is 0 Å². The molecule has 0 fully saturated rings. The molecule has 1 unspecified atom stereocenters. The van der Waals surface area contributed by atoms with Gasteiger partial charge in [-0.2, -0.15) is 0 Å². The minimum absolute atomic E-state index is 0.301. The molecule has 0 aliphatic carbocycles. The van der Waals surface area contributed by atoms with Crippen LogP contribution in [0.1, 0.15) is 20.8 Å². The molecule has 0 radical (unpaired) electrons. The van der Waals surface area contributed by atoms with E-state index in [2.05, 4.69) is 12.2 Å². The highest BCUT2D eigenvalue weighted by atomic mass is 16.5. The monoisotopic (exact) mass is 175 g/mol. The summed E-state index contributed by atoms with van der Waals surface area (Å²) in [5, 5.41) is 3.10. The van der Waals surface area contributed by atoms with Crippen molar-refractivity contribution in [2.75, 3.05) is 26.9 Å². The average molecular weight is 175 g/mol. The summed E-state index contributed by atoms with van der Waals surface area (Å²) in [5.74, 6) is 0. The van der Waals surface area contributed by atoms with Gasteiger partial charge in [-0.1, -0.05) is 0 Å². The third kappa shape index (κ3) is 7.98. The van der Waals surface area contributed by atoms with Crippen molar-refractivity contribution < 1.29 is 9.47 Å². The summed E-state index contributed by atoms with van der Waals surface area (Å²) in [6.45, 7) is 8.26. The molecule has 1 N–H and O–H groups in total. The maximum atomic E-state index is 5.35. The van der Waals surface area contributed by atoms with Crippen LogP contribution in [0, 0.1) is 0 Å². The summed E-state index contributed by atoms with van der Waals surface area (Å²) in [6.07, 6.45) is 0.301. The standard InChI is InChI=1S/C9H21NO2/c1-8(2)12-6-5-11-7-9(3)10-4/h8-10H,5-7H2,1-4H3. The topological polar surface area (TPSA) is 30.5 Å². The molecule has 0 aromatic heterocycles. The Kier molecular flexibility index (Phi) is 7.45. The molecule has 3 heteroatoms. The van der Waals surface area contributed by atoms with Crippen LogP contribution in [0.3, 0.4) is 0 Å². The second kappa shape index (κ2) is 7.53. The minimum Gasteiger partial charge on any atom is -0.377 e. The summed E-state index contributed by atoms with van der Waals surface area (Å²) >= 11 is 0. The molecule has 0 aliphatic rings. The molecule has 0 rings (SSSR count). The summed E-state index contributed by atoms with van der Waals surface area (Å²) < 4.78 is 10.7. The first-order valence-electron chi connectivity index (χ1n) is 4.53. The lowest BCUT2D eigenvalue weighted by molar-refractivity contribution is 0.0155. The van der Waals surface area contributed by atoms with Crippen LogP contribution >= 0.6 is 0 Å². The molecule has 0 heterocycles. The maximum Gasteiger partial charge on any atom is 0.0703 e. The zero-order chi connectivity index (χ0) is 9.40. The summed E-state index contributed by atoms with van der Waals surface area (Å²) in [6, 6.07) is 0.420. The molecule has 3 nitrogen and oxygen atoms in total. The summed E-state index contributed by atoms with van der Waals surface area (Å²) in [4.78, 5) is 0. The van der Waals surface area contributed by atoms with E-state index in [-0.39, 0.29) is 0 Å². The molecule has 0 amide bonds. The SMILES string of the molecule is CNC(C)COCCOC(C)C. The van der Waals surface area contributed by atoms with Crippen LogP contribution in [0.25, 0.3) is 0 Å². The first-order valence-corrected chi connectivity index (χ1v) is 4.53. The lowest BCUT2D eigenvalue weighted by Crippen LogP contribution is -2.27. The Balaban J connectivity index is 3.00. The smallest absolute Gasteiger partial charge is 0.0703 e. The fraction of sp³-hybridized carbons (Fsp3) is 1.00. The largest absolute Gasteiger partial charge is 0.377 e. The van der Waals surface area contributed by atoms with Crippen molar-refractivity contribution in [3.63, 3.8) is 0 Å². The summed E-state index contributed by atoms with van der Waals surface area (Å²) in [5.41, 5.74) is 0. The van der Waals surface area contributed by atoms with Crippen molar-refractivity contribution in [1.29, 1.82) is 0 Å². The number of ether oxygens (including phenoxy) is 2. The number of nitrogens with one attached hydrogen (secondary N) is 1. The zero-order valence-electron chi connectivity index (χ0n) is 8.59. The number of hydrogen-bond donors (Lipinski definition) is 1. The molecule has 0 aliphatic heterocycles. The van der Waals surface area contributed by atoms with Gasteiger partial charge in [0, 0.05) is 6.04 Å². The van der Waals surface area contributed by atoms with Gasteiger partial charge >= 0.3 is 0 Å². The zero-order valence-corrected chi connectivity index (χ0v) is 8.59. The second-order valence-electron chi connectivity index (χ2n) is 3.18. The van der Waals surface area contributed by atoms with Crippen LogP contribution in [-0.2, 0) is 9.47 Å². The van der Waals surface area contributed by atoms with Crippen LogP contribution in [0.5, 0.6) is 0 Å². The molecule has 0 bridgehead atoms. The fourth-order valence-corrected chi connectivity index (χ4v) is 0.686. The van der Waals surface area contributed by atoms with Crippen molar-refractivity contribution in [1.82, 2.24) is 5.32 Å². The van der Waals surface area contributed by atoms with E-state index in [1.54, 1.807) is 0 Å². The van der Waals surface area contributed by atoms with Crippen LogP contribution in [0.4, 0.5) is 0 Å². The third-order valence-electron chi connectivity index (χ3n) is 1.54. The van der Waals surface area contributed by atoms with E-state index in [9.17, 15) is 0 Å². The van der Waals surface area contributed by atoms with E-state index in [1.165, 1.54) is 0 Å². The van der Waals surface area contributed by atoms with Crippen molar-refractivity contribution in [2.24, 2.45) is 0 Å². The van der Waals surface area contributed by atoms with Gasteiger partial charge in [-0.15, -0.1) is 0 Å². The van der Waals surface area contributed by atoms with Gasteiger partial charge in [-0.05, 0) is 27.8 Å². The molecule has 0 saturated carbocycles. The highest BCUT2D eigenvalue weighted by Gasteiger charge is 1.97. The Bertz CT molecular complexity index is 96.5. The van der Waals surface area contributed by atoms with E-state index >= 15 is 0 Å². The van der Waals surface area contributed by atoms with Crippen molar-refractivity contribution in [3.05, 3.63) is 0 Å². The van der Waals surface area contributed by atoms with Crippen molar-refractivity contribution in [3.8, 4) is 0 Å². The van der Waals surface area contributed by atoms with Gasteiger partial charge in [-0.3, -0.25) is 0 Å². The average Bonchev–Trinajstić information content (AvgIpc) is 2.03. The summed E-state index contributed by atoms with van der Waals surface area (Å²) in [7, 11) is 1.93. The first kappa shape index (κ1) is 11.9. The Labute approximate surface area is 75.4 Å². The van der Waals surface area contributed by atoms with E-state index in [1.807, 2.05) is 20.9 Å². The van der Waals surface area contributed by atoms with Crippen molar-refractivity contribution >= 4 is 0 Å². The predicted molar refractivity (Wildman–Crippen MR) is 50.4 cm³/mol. The third-order valence-corrected chi connectivity index (χ3v) is 1.54. The van der Waals surface area contributed by atoms with E-state index in [4.69, 9.17) is 9.47 Å². The van der Waals surface area contributed by atoms with Crippen molar-refractivity contribution in [2.45, 2.75) is 32.9 Å². The van der Waals surface area contributed by atoms with Gasteiger partial charge < -0.3 is 14.8 Å². The molecule has 0 spiro atoms. The molecular formula is C9H21NO2. The van der Waals surface area contributed by atoms with Gasteiger partial charge in [0.15, 0.2) is 0 Å². The van der Waals surface area contributed by atoms with Gasteiger partial charge in [0.2, 0.25) is 0 Å². The number of likely N-dealkylation sites (N-methyl/N-ethyl adjacent to an activating group) is 1. The normalized spacial score (nSPS) is 13.8. The lowest BCUT2D eigenvalue weighted by Gasteiger charge is -2.11. The van der Waals surface area contributed by atoms with Crippen LogP contribution < -0.4 is 5.32 Å². The Morgan fingerprint density at radius 1 is 1.17 bits per heavy atom.